The summed E-state index contributed by atoms with van der Waals surface area (Å²) in [5.74, 6) is -0.104. The van der Waals surface area contributed by atoms with Crippen molar-refractivity contribution in [3.8, 4) is 5.75 Å². The van der Waals surface area contributed by atoms with Gasteiger partial charge in [-0.25, -0.2) is 4.79 Å². The number of methoxy groups -OCH3 is 3. The maximum absolute atomic E-state index is 12.8. The fourth-order valence-electron chi connectivity index (χ4n) is 3.94. The Morgan fingerprint density at radius 3 is 2.67 bits per heavy atom. The van der Waals surface area contributed by atoms with Gasteiger partial charge < -0.3 is 19.5 Å². The minimum absolute atomic E-state index is 0.0757. The van der Waals surface area contributed by atoms with Crippen LogP contribution in [-0.2, 0) is 25.7 Å². The molecular formula is C21H25NO5. The molecule has 1 aliphatic carbocycles. The number of benzene rings is 1. The number of allylic oxidation sites excluding steroid dienone is 3. The summed E-state index contributed by atoms with van der Waals surface area (Å²) in [6, 6.07) is 5.70. The van der Waals surface area contributed by atoms with Gasteiger partial charge in [-0.05, 0) is 37.5 Å². The first kappa shape index (κ1) is 19.2. The van der Waals surface area contributed by atoms with E-state index >= 15 is 0 Å². The number of hydrogen-bond acceptors (Lipinski definition) is 6. The molecule has 1 aromatic rings. The number of carbonyl (C=O) groups excluding carboxylic acids is 2. The fraction of sp³-hybridized carbons (Fsp3) is 0.429. The van der Waals surface area contributed by atoms with Crippen LogP contribution in [0.25, 0.3) is 0 Å². The van der Waals surface area contributed by atoms with Crippen LogP contribution in [0.5, 0.6) is 5.75 Å². The molecule has 2 aliphatic rings. The van der Waals surface area contributed by atoms with Crippen LogP contribution in [0.3, 0.4) is 0 Å². The molecule has 0 saturated heterocycles. The van der Waals surface area contributed by atoms with E-state index in [0.717, 1.165) is 35.4 Å². The molecule has 27 heavy (non-hydrogen) atoms. The van der Waals surface area contributed by atoms with E-state index in [0.29, 0.717) is 29.9 Å². The molecule has 1 N–H and O–H groups in total. The second-order valence-electron chi connectivity index (χ2n) is 6.76. The molecule has 1 atom stereocenters. The van der Waals surface area contributed by atoms with Gasteiger partial charge in [-0.2, -0.15) is 0 Å². The molecule has 1 heterocycles. The minimum Gasteiger partial charge on any atom is -0.496 e. The summed E-state index contributed by atoms with van der Waals surface area (Å²) in [4.78, 5) is 25.4. The zero-order valence-corrected chi connectivity index (χ0v) is 16.2. The SMILES string of the molecule is COCc1cc(C2C(C(=O)OC)=C(C)NC3=C2C(=O)CCC3)ccc1OC. The normalized spacial score (nSPS) is 19.6. The third-order valence-corrected chi connectivity index (χ3v) is 5.12. The van der Waals surface area contributed by atoms with E-state index in [4.69, 9.17) is 14.2 Å². The van der Waals surface area contributed by atoms with Crippen LogP contribution in [0.15, 0.2) is 40.7 Å². The van der Waals surface area contributed by atoms with Crippen LogP contribution in [0.1, 0.15) is 43.2 Å². The fourth-order valence-corrected chi connectivity index (χ4v) is 3.94. The Morgan fingerprint density at radius 1 is 1.22 bits per heavy atom. The van der Waals surface area contributed by atoms with Crippen molar-refractivity contribution in [2.45, 2.75) is 38.7 Å². The standard InChI is InChI=1S/C21H25NO5/c1-12-18(21(24)27-4)19(20-15(22-12)6-5-7-16(20)23)13-8-9-17(26-3)14(10-13)11-25-2/h8-10,19,22H,5-7,11H2,1-4H3. The summed E-state index contributed by atoms with van der Waals surface area (Å²) in [5, 5.41) is 3.26. The first-order valence-corrected chi connectivity index (χ1v) is 8.99. The lowest BCUT2D eigenvalue weighted by atomic mass is 9.75. The molecule has 6 nitrogen and oxygen atoms in total. The highest BCUT2D eigenvalue weighted by Gasteiger charge is 2.39. The molecule has 0 aromatic heterocycles. The Morgan fingerprint density at radius 2 is 2.00 bits per heavy atom. The molecule has 0 spiro atoms. The predicted molar refractivity (Wildman–Crippen MR) is 100 cm³/mol. The largest absolute Gasteiger partial charge is 0.496 e. The lowest BCUT2D eigenvalue weighted by molar-refractivity contribution is -0.136. The second-order valence-corrected chi connectivity index (χ2v) is 6.76. The zero-order valence-electron chi connectivity index (χ0n) is 16.2. The Kier molecular flexibility index (Phi) is 5.65. The number of hydrogen-bond donors (Lipinski definition) is 1. The highest BCUT2D eigenvalue weighted by Crippen LogP contribution is 2.43. The van der Waals surface area contributed by atoms with Crippen LogP contribution >= 0.6 is 0 Å². The van der Waals surface area contributed by atoms with Crippen LogP contribution in [0.4, 0.5) is 0 Å². The molecule has 0 saturated carbocycles. The summed E-state index contributed by atoms with van der Waals surface area (Å²) >= 11 is 0. The van der Waals surface area contributed by atoms with E-state index in [1.54, 1.807) is 14.2 Å². The number of ether oxygens (including phenoxy) is 3. The van der Waals surface area contributed by atoms with Crippen LogP contribution in [-0.4, -0.2) is 33.1 Å². The van der Waals surface area contributed by atoms with E-state index in [1.807, 2.05) is 25.1 Å². The molecule has 0 amide bonds. The highest BCUT2D eigenvalue weighted by molar-refractivity contribution is 6.03. The maximum Gasteiger partial charge on any atom is 0.336 e. The number of Topliss-reactive ketones (excluding diaryl/α,β-unsaturated/α-hetero) is 1. The van der Waals surface area contributed by atoms with Crippen molar-refractivity contribution in [3.63, 3.8) is 0 Å². The monoisotopic (exact) mass is 371 g/mol. The highest BCUT2D eigenvalue weighted by atomic mass is 16.5. The van der Waals surface area contributed by atoms with Gasteiger partial charge in [0.25, 0.3) is 0 Å². The van der Waals surface area contributed by atoms with Gasteiger partial charge >= 0.3 is 5.97 Å². The van der Waals surface area contributed by atoms with Crippen LogP contribution in [0.2, 0.25) is 0 Å². The third-order valence-electron chi connectivity index (χ3n) is 5.12. The van der Waals surface area contributed by atoms with Crippen LogP contribution in [0, 0.1) is 0 Å². The van der Waals surface area contributed by atoms with Crippen molar-refractivity contribution < 1.29 is 23.8 Å². The van der Waals surface area contributed by atoms with E-state index in [1.165, 1.54) is 7.11 Å². The molecule has 0 radical (unpaired) electrons. The minimum atomic E-state index is -0.456. The zero-order chi connectivity index (χ0) is 19.6. The van der Waals surface area contributed by atoms with E-state index in [2.05, 4.69) is 5.32 Å². The number of dihydropyridines is 1. The average molecular weight is 371 g/mol. The van der Waals surface area contributed by atoms with Gasteiger partial charge in [-0.1, -0.05) is 6.07 Å². The maximum atomic E-state index is 12.8. The smallest absolute Gasteiger partial charge is 0.336 e. The average Bonchev–Trinajstić information content (AvgIpc) is 2.66. The molecule has 0 bridgehead atoms. The van der Waals surface area contributed by atoms with Gasteiger partial charge in [0.2, 0.25) is 0 Å². The van der Waals surface area contributed by atoms with Crippen molar-refractivity contribution in [1.29, 1.82) is 0 Å². The van der Waals surface area contributed by atoms with Gasteiger partial charge in [-0.3, -0.25) is 4.79 Å². The summed E-state index contributed by atoms with van der Waals surface area (Å²) in [5.41, 5.74) is 4.49. The van der Waals surface area contributed by atoms with E-state index < -0.39 is 11.9 Å². The van der Waals surface area contributed by atoms with Crippen LogP contribution < -0.4 is 10.1 Å². The first-order chi connectivity index (χ1) is 13.0. The van der Waals surface area contributed by atoms with Gasteiger partial charge in [0.15, 0.2) is 5.78 Å². The Balaban J connectivity index is 2.19. The molecular weight excluding hydrogens is 346 g/mol. The number of carbonyl (C=O) groups is 2. The molecule has 0 fully saturated rings. The van der Waals surface area contributed by atoms with Crippen molar-refractivity contribution >= 4 is 11.8 Å². The van der Waals surface area contributed by atoms with E-state index in [9.17, 15) is 9.59 Å². The topological polar surface area (TPSA) is 73.9 Å². The molecule has 1 aromatic carbocycles. The summed E-state index contributed by atoms with van der Waals surface area (Å²) < 4.78 is 15.7. The Labute approximate surface area is 159 Å². The van der Waals surface area contributed by atoms with Crippen molar-refractivity contribution in [3.05, 3.63) is 51.9 Å². The van der Waals surface area contributed by atoms with Gasteiger partial charge in [0, 0.05) is 42.0 Å². The number of nitrogens with one attached hydrogen (secondary N) is 1. The molecule has 1 unspecified atom stereocenters. The molecule has 1 aliphatic heterocycles. The van der Waals surface area contributed by atoms with E-state index in [-0.39, 0.29) is 5.78 Å². The first-order valence-electron chi connectivity index (χ1n) is 8.99. The Hall–Kier alpha value is -2.60. The lowest BCUT2D eigenvalue weighted by Crippen LogP contribution is -2.34. The van der Waals surface area contributed by atoms with Gasteiger partial charge in [0.05, 0.1) is 26.4 Å². The summed E-state index contributed by atoms with van der Waals surface area (Å²) in [7, 11) is 4.58. The summed E-state index contributed by atoms with van der Waals surface area (Å²) in [6.45, 7) is 2.22. The number of ketones is 1. The van der Waals surface area contributed by atoms with Crippen molar-refractivity contribution in [2.24, 2.45) is 0 Å². The third kappa shape index (κ3) is 3.49. The predicted octanol–water partition coefficient (Wildman–Crippen LogP) is 2.98. The second kappa shape index (κ2) is 7.96. The van der Waals surface area contributed by atoms with Crippen molar-refractivity contribution in [1.82, 2.24) is 5.32 Å². The lowest BCUT2D eigenvalue weighted by Gasteiger charge is -2.34. The van der Waals surface area contributed by atoms with Gasteiger partial charge in [-0.15, -0.1) is 0 Å². The van der Waals surface area contributed by atoms with Gasteiger partial charge in [0.1, 0.15) is 5.75 Å². The Bertz CT molecular complexity index is 837. The summed E-state index contributed by atoms with van der Waals surface area (Å²) in [6.07, 6.45) is 2.10. The van der Waals surface area contributed by atoms with Crippen molar-refractivity contribution in [2.75, 3.05) is 21.3 Å². The number of rotatable bonds is 5. The molecule has 3 rings (SSSR count). The molecule has 6 heteroatoms. The quantitative estimate of drug-likeness (QED) is 0.802. The molecule has 144 valence electrons. The number of esters is 1.